The maximum Gasteiger partial charge on any atom is 0.246 e. The van der Waals surface area contributed by atoms with Gasteiger partial charge < -0.3 is 10.3 Å². The summed E-state index contributed by atoms with van der Waals surface area (Å²) in [5, 5.41) is 3.62. The molecule has 0 saturated carbocycles. The number of likely N-dealkylation sites (tertiary alicyclic amines) is 1. The van der Waals surface area contributed by atoms with Gasteiger partial charge in [-0.3, -0.25) is 4.79 Å². The van der Waals surface area contributed by atoms with Crippen molar-refractivity contribution in [2.24, 2.45) is 5.10 Å². The highest BCUT2D eigenvalue weighted by Gasteiger charge is 2.21. The van der Waals surface area contributed by atoms with Gasteiger partial charge in [0.1, 0.15) is 0 Å². The van der Waals surface area contributed by atoms with Crippen LogP contribution in [0.15, 0.2) is 17.8 Å². The molecule has 0 spiro atoms. The molecule has 72 valence electrons. The largest absolute Gasteiger partial charge is 0.337 e. The normalized spacial score (nSPS) is 22.2. The van der Waals surface area contributed by atoms with Crippen molar-refractivity contribution in [3.63, 3.8) is 0 Å². The van der Waals surface area contributed by atoms with E-state index in [4.69, 9.17) is 0 Å². The first-order chi connectivity index (χ1) is 6.27. The fraction of sp³-hybridized carbons (Fsp3) is 0.556. The van der Waals surface area contributed by atoms with Crippen molar-refractivity contribution in [2.75, 3.05) is 13.1 Å². The van der Waals surface area contributed by atoms with Gasteiger partial charge in [0.25, 0.3) is 0 Å². The fourth-order valence-corrected chi connectivity index (χ4v) is 1.54. The predicted octanol–water partition coefficient (Wildman–Crippen LogP) is 0.369. The minimum atomic E-state index is -0.00411. The molecular formula is C9H15N3O. The third-order valence-electron chi connectivity index (χ3n) is 2.18. The summed E-state index contributed by atoms with van der Waals surface area (Å²) in [6.07, 6.45) is 3.40. The smallest absolute Gasteiger partial charge is 0.246 e. The molecular weight excluding hydrogens is 166 g/mol. The summed E-state index contributed by atoms with van der Waals surface area (Å²) < 4.78 is 0. The van der Waals surface area contributed by atoms with Crippen LogP contribution in [0, 0.1) is 0 Å². The Labute approximate surface area is 78.3 Å². The van der Waals surface area contributed by atoms with Gasteiger partial charge >= 0.3 is 0 Å². The highest BCUT2D eigenvalue weighted by Crippen LogP contribution is 2.10. The topological polar surface area (TPSA) is 44.7 Å². The van der Waals surface area contributed by atoms with Crippen molar-refractivity contribution in [3.05, 3.63) is 12.7 Å². The van der Waals surface area contributed by atoms with Crippen molar-refractivity contribution >= 4 is 12.6 Å². The van der Waals surface area contributed by atoms with Crippen molar-refractivity contribution in [3.8, 4) is 0 Å². The van der Waals surface area contributed by atoms with E-state index in [9.17, 15) is 4.79 Å². The van der Waals surface area contributed by atoms with E-state index in [0.29, 0.717) is 6.54 Å². The number of carbonyl (C=O) groups excluding carboxylic acids is 1. The number of rotatable bonds is 3. The highest BCUT2D eigenvalue weighted by atomic mass is 16.2. The van der Waals surface area contributed by atoms with Crippen LogP contribution < -0.4 is 5.43 Å². The number of hydrogen-bond acceptors (Lipinski definition) is 3. The zero-order valence-corrected chi connectivity index (χ0v) is 7.70. The van der Waals surface area contributed by atoms with Gasteiger partial charge in [0.05, 0.1) is 6.04 Å². The van der Waals surface area contributed by atoms with Crippen LogP contribution in [0.2, 0.25) is 0 Å². The predicted molar refractivity (Wildman–Crippen MR) is 52.5 cm³/mol. The van der Waals surface area contributed by atoms with Crippen molar-refractivity contribution in [1.29, 1.82) is 0 Å². The van der Waals surface area contributed by atoms with Gasteiger partial charge in [-0.05, 0) is 18.9 Å². The molecule has 13 heavy (non-hydrogen) atoms. The van der Waals surface area contributed by atoms with E-state index in [-0.39, 0.29) is 11.9 Å². The molecule has 1 N–H and O–H groups in total. The summed E-state index contributed by atoms with van der Waals surface area (Å²) >= 11 is 0. The van der Waals surface area contributed by atoms with E-state index < -0.39 is 0 Å². The lowest BCUT2D eigenvalue weighted by atomic mass is 10.1. The van der Waals surface area contributed by atoms with Gasteiger partial charge in [-0.1, -0.05) is 6.58 Å². The van der Waals surface area contributed by atoms with Crippen LogP contribution in [0.5, 0.6) is 0 Å². The number of hydrazone groups is 1. The van der Waals surface area contributed by atoms with Crippen molar-refractivity contribution < 1.29 is 4.79 Å². The van der Waals surface area contributed by atoms with E-state index >= 15 is 0 Å². The lowest BCUT2D eigenvalue weighted by Gasteiger charge is -2.31. The second-order valence-electron chi connectivity index (χ2n) is 3.11. The van der Waals surface area contributed by atoms with Gasteiger partial charge in [-0.15, -0.1) is 0 Å². The molecule has 0 aromatic rings. The van der Waals surface area contributed by atoms with E-state index in [1.54, 1.807) is 4.90 Å². The van der Waals surface area contributed by atoms with Crippen LogP contribution in [0.25, 0.3) is 0 Å². The Hall–Kier alpha value is -1.32. The van der Waals surface area contributed by atoms with Gasteiger partial charge in [0, 0.05) is 19.8 Å². The first kappa shape index (κ1) is 9.77. The molecule has 1 aliphatic heterocycles. The SMILES string of the molecule is C=CC(=O)N1CCC[C@@H](NN=C)C1. The Kier molecular flexibility index (Phi) is 3.49. The summed E-state index contributed by atoms with van der Waals surface area (Å²) in [5.41, 5.74) is 2.88. The molecule has 0 aromatic carbocycles. The lowest BCUT2D eigenvalue weighted by Crippen LogP contribution is -2.46. The number of piperidine rings is 1. The van der Waals surface area contributed by atoms with E-state index in [2.05, 4.69) is 23.8 Å². The van der Waals surface area contributed by atoms with E-state index in [0.717, 1.165) is 19.4 Å². The molecule has 0 unspecified atom stereocenters. The van der Waals surface area contributed by atoms with Crippen LogP contribution in [0.3, 0.4) is 0 Å². The monoisotopic (exact) mass is 181 g/mol. The molecule has 0 bridgehead atoms. The van der Waals surface area contributed by atoms with Crippen LogP contribution >= 0.6 is 0 Å². The Morgan fingerprint density at radius 1 is 1.69 bits per heavy atom. The average Bonchev–Trinajstić information content (AvgIpc) is 2.18. The lowest BCUT2D eigenvalue weighted by molar-refractivity contribution is -0.127. The van der Waals surface area contributed by atoms with Gasteiger partial charge in [-0.2, -0.15) is 5.10 Å². The molecule has 0 aromatic heterocycles. The molecule has 4 heteroatoms. The van der Waals surface area contributed by atoms with Crippen LogP contribution in [-0.2, 0) is 4.79 Å². The summed E-state index contributed by atoms with van der Waals surface area (Å²) in [4.78, 5) is 13.0. The van der Waals surface area contributed by atoms with Crippen molar-refractivity contribution in [2.45, 2.75) is 18.9 Å². The van der Waals surface area contributed by atoms with Gasteiger partial charge in [0.15, 0.2) is 0 Å². The maximum absolute atomic E-state index is 11.3. The number of nitrogens with zero attached hydrogens (tertiary/aromatic N) is 2. The van der Waals surface area contributed by atoms with E-state index in [1.807, 2.05) is 0 Å². The summed E-state index contributed by atoms with van der Waals surface area (Å²) in [7, 11) is 0. The number of carbonyl (C=O) groups is 1. The number of nitrogens with one attached hydrogen (secondary N) is 1. The Morgan fingerprint density at radius 3 is 3.08 bits per heavy atom. The molecule has 0 radical (unpaired) electrons. The third kappa shape index (κ3) is 2.57. The quantitative estimate of drug-likeness (QED) is 0.388. The maximum atomic E-state index is 11.3. The Morgan fingerprint density at radius 2 is 2.46 bits per heavy atom. The highest BCUT2D eigenvalue weighted by molar-refractivity contribution is 5.87. The molecule has 1 atom stereocenters. The molecule has 1 amide bonds. The minimum Gasteiger partial charge on any atom is -0.337 e. The standard InChI is InChI=1S/C9H15N3O/c1-3-9(13)12-6-4-5-8(7-12)11-10-2/h3,8,11H,1-2,4-7H2/t8-/m1/s1. The Balaban J connectivity index is 2.45. The molecule has 1 rings (SSSR count). The zero-order chi connectivity index (χ0) is 9.68. The summed E-state index contributed by atoms with van der Waals surface area (Å²) in [6.45, 7) is 8.34. The van der Waals surface area contributed by atoms with Crippen LogP contribution in [0.4, 0.5) is 0 Å². The zero-order valence-electron chi connectivity index (χ0n) is 7.70. The number of amides is 1. The van der Waals surface area contributed by atoms with Gasteiger partial charge in [0.2, 0.25) is 5.91 Å². The minimum absolute atomic E-state index is 0.00411. The molecule has 1 fully saturated rings. The molecule has 1 heterocycles. The Bertz CT molecular complexity index is 215. The van der Waals surface area contributed by atoms with Crippen LogP contribution in [0.1, 0.15) is 12.8 Å². The second-order valence-corrected chi connectivity index (χ2v) is 3.11. The third-order valence-corrected chi connectivity index (χ3v) is 2.18. The number of hydrogen-bond donors (Lipinski definition) is 1. The molecule has 4 nitrogen and oxygen atoms in total. The molecule has 1 saturated heterocycles. The van der Waals surface area contributed by atoms with Crippen LogP contribution in [-0.4, -0.2) is 36.7 Å². The van der Waals surface area contributed by atoms with Gasteiger partial charge in [-0.25, -0.2) is 0 Å². The first-order valence-electron chi connectivity index (χ1n) is 4.40. The van der Waals surface area contributed by atoms with E-state index in [1.165, 1.54) is 6.08 Å². The molecule has 1 aliphatic rings. The molecule has 0 aliphatic carbocycles. The summed E-state index contributed by atoms with van der Waals surface area (Å²) in [5.74, 6) is -0.00411. The average molecular weight is 181 g/mol. The summed E-state index contributed by atoms with van der Waals surface area (Å²) in [6, 6.07) is 0.246. The van der Waals surface area contributed by atoms with Crippen molar-refractivity contribution in [1.82, 2.24) is 10.3 Å². The first-order valence-corrected chi connectivity index (χ1v) is 4.40. The second kappa shape index (κ2) is 4.64. The fourth-order valence-electron chi connectivity index (χ4n) is 1.54.